The van der Waals surface area contributed by atoms with E-state index in [1.54, 1.807) is 0 Å². The summed E-state index contributed by atoms with van der Waals surface area (Å²) < 4.78 is 26.9. The van der Waals surface area contributed by atoms with E-state index in [0.29, 0.717) is 24.9 Å². The standard InChI is InChI=1S/C16H18F2N2O2/c17-10-3-5-12(6-4-10)20-13(14(19)21)9-16(15(20)22)7-1-2-11(18)8-16/h3-6,11,13H,1-2,7-9H2,(H2,19,21). The van der Waals surface area contributed by atoms with Crippen molar-refractivity contribution in [3.8, 4) is 0 Å². The number of alkyl halides is 1. The second-order valence-electron chi connectivity index (χ2n) is 6.25. The van der Waals surface area contributed by atoms with Crippen LogP contribution in [-0.4, -0.2) is 24.0 Å². The van der Waals surface area contributed by atoms with Gasteiger partial charge in [0.25, 0.3) is 0 Å². The lowest BCUT2D eigenvalue weighted by atomic mass is 9.71. The molecule has 1 aromatic rings. The molecule has 118 valence electrons. The first-order chi connectivity index (χ1) is 10.4. The Morgan fingerprint density at radius 1 is 1.27 bits per heavy atom. The third-order valence-corrected chi connectivity index (χ3v) is 4.79. The third-order valence-electron chi connectivity index (χ3n) is 4.79. The number of halogens is 2. The van der Waals surface area contributed by atoms with Crippen LogP contribution >= 0.6 is 0 Å². The maximum Gasteiger partial charge on any atom is 0.240 e. The first kappa shape index (κ1) is 14.9. The lowest BCUT2D eigenvalue weighted by molar-refractivity contribution is -0.128. The number of nitrogens with two attached hydrogens (primary N) is 1. The van der Waals surface area contributed by atoms with E-state index in [0.717, 1.165) is 0 Å². The normalized spacial score (nSPS) is 31.7. The van der Waals surface area contributed by atoms with Gasteiger partial charge in [-0.2, -0.15) is 0 Å². The number of primary amides is 1. The highest BCUT2D eigenvalue weighted by Crippen LogP contribution is 2.49. The van der Waals surface area contributed by atoms with Crippen molar-refractivity contribution < 1.29 is 18.4 Å². The zero-order valence-electron chi connectivity index (χ0n) is 12.1. The molecule has 3 unspecified atom stereocenters. The van der Waals surface area contributed by atoms with E-state index in [-0.39, 0.29) is 18.7 Å². The molecule has 2 fully saturated rings. The van der Waals surface area contributed by atoms with Crippen molar-refractivity contribution in [1.29, 1.82) is 0 Å². The average molecular weight is 308 g/mol. The van der Waals surface area contributed by atoms with Crippen LogP contribution in [0, 0.1) is 11.2 Å². The predicted octanol–water partition coefficient (Wildman–Crippen LogP) is 2.31. The maximum atomic E-state index is 13.8. The van der Waals surface area contributed by atoms with Gasteiger partial charge in [0.1, 0.15) is 18.0 Å². The summed E-state index contributed by atoms with van der Waals surface area (Å²) in [6.07, 6.45) is 0.974. The van der Waals surface area contributed by atoms with Crippen molar-refractivity contribution in [3.05, 3.63) is 30.1 Å². The van der Waals surface area contributed by atoms with Crippen LogP contribution < -0.4 is 10.6 Å². The second-order valence-corrected chi connectivity index (χ2v) is 6.25. The van der Waals surface area contributed by atoms with Crippen LogP contribution in [0.5, 0.6) is 0 Å². The van der Waals surface area contributed by atoms with Gasteiger partial charge < -0.3 is 5.73 Å². The largest absolute Gasteiger partial charge is 0.368 e. The smallest absolute Gasteiger partial charge is 0.240 e. The molecule has 1 saturated heterocycles. The number of hydrogen-bond donors (Lipinski definition) is 1. The number of benzene rings is 1. The Morgan fingerprint density at radius 3 is 2.55 bits per heavy atom. The highest BCUT2D eigenvalue weighted by Gasteiger charge is 2.55. The second kappa shape index (κ2) is 5.34. The lowest BCUT2D eigenvalue weighted by Gasteiger charge is -2.33. The molecule has 3 atom stereocenters. The lowest BCUT2D eigenvalue weighted by Crippen LogP contribution is -2.43. The van der Waals surface area contributed by atoms with E-state index in [4.69, 9.17) is 5.73 Å². The van der Waals surface area contributed by atoms with Gasteiger partial charge in [-0.25, -0.2) is 8.78 Å². The fourth-order valence-corrected chi connectivity index (χ4v) is 3.74. The van der Waals surface area contributed by atoms with E-state index < -0.39 is 29.4 Å². The van der Waals surface area contributed by atoms with Crippen molar-refractivity contribution in [2.75, 3.05) is 4.90 Å². The molecule has 1 heterocycles. The summed E-state index contributed by atoms with van der Waals surface area (Å²) in [5, 5.41) is 0. The van der Waals surface area contributed by atoms with E-state index in [9.17, 15) is 18.4 Å². The molecule has 2 amide bonds. The minimum Gasteiger partial charge on any atom is -0.368 e. The molecular formula is C16H18F2N2O2. The van der Waals surface area contributed by atoms with Crippen molar-refractivity contribution in [2.45, 2.75) is 44.3 Å². The predicted molar refractivity (Wildman–Crippen MR) is 77.3 cm³/mol. The molecule has 6 heteroatoms. The number of anilines is 1. The molecule has 3 rings (SSSR count). The number of amides is 2. The Labute approximate surface area is 127 Å². The quantitative estimate of drug-likeness (QED) is 0.911. The Bertz CT molecular complexity index is 605. The van der Waals surface area contributed by atoms with Crippen molar-refractivity contribution >= 4 is 17.5 Å². The minimum atomic E-state index is -1.03. The van der Waals surface area contributed by atoms with Crippen LogP contribution in [0.2, 0.25) is 0 Å². The molecule has 1 spiro atoms. The van der Waals surface area contributed by atoms with Crippen LogP contribution in [0.3, 0.4) is 0 Å². The summed E-state index contributed by atoms with van der Waals surface area (Å²) in [4.78, 5) is 26.0. The van der Waals surface area contributed by atoms with E-state index >= 15 is 0 Å². The summed E-state index contributed by atoms with van der Waals surface area (Å²) in [6, 6.07) is 4.54. The van der Waals surface area contributed by atoms with Crippen molar-refractivity contribution in [3.63, 3.8) is 0 Å². The van der Waals surface area contributed by atoms with Gasteiger partial charge in [0, 0.05) is 5.69 Å². The van der Waals surface area contributed by atoms with Crippen LogP contribution in [0.4, 0.5) is 14.5 Å². The maximum absolute atomic E-state index is 13.8. The Kier molecular flexibility index (Phi) is 3.62. The van der Waals surface area contributed by atoms with Gasteiger partial charge in [-0.15, -0.1) is 0 Å². The van der Waals surface area contributed by atoms with Crippen LogP contribution in [0.15, 0.2) is 24.3 Å². The fraction of sp³-hybridized carbons (Fsp3) is 0.500. The third kappa shape index (κ3) is 2.36. The molecule has 1 saturated carbocycles. The molecule has 2 aliphatic rings. The Morgan fingerprint density at radius 2 is 1.95 bits per heavy atom. The highest BCUT2D eigenvalue weighted by molar-refractivity contribution is 6.06. The van der Waals surface area contributed by atoms with E-state index in [1.807, 2.05) is 0 Å². The molecule has 22 heavy (non-hydrogen) atoms. The van der Waals surface area contributed by atoms with E-state index in [2.05, 4.69) is 0 Å². The molecular weight excluding hydrogens is 290 g/mol. The SMILES string of the molecule is NC(=O)C1CC2(CCCC(F)C2)C(=O)N1c1ccc(F)cc1. The zero-order valence-corrected chi connectivity index (χ0v) is 12.1. The molecule has 1 aliphatic carbocycles. The van der Waals surface area contributed by atoms with Gasteiger partial charge in [0.05, 0.1) is 5.41 Å². The van der Waals surface area contributed by atoms with Gasteiger partial charge in [-0.3, -0.25) is 14.5 Å². The molecule has 2 N–H and O–H groups in total. The summed E-state index contributed by atoms with van der Waals surface area (Å²) in [5.74, 6) is -1.32. The van der Waals surface area contributed by atoms with Crippen molar-refractivity contribution in [1.82, 2.24) is 0 Å². The van der Waals surface area contributed by atoms with Gasteiger partial charge in [0.15, 0.2) is 0 Å². The Hall–Kier alpha value is -1.98. The monoisotopic (exact) mass is 308 g/mol. The first-order valence-electron chi connectivity index (χ1n) is 7.45. The Balaban J connectivity index is 1.98. The molecule has 0 radical (unpaired) electrons. The number of hydrogen-bond acceptors (Lipinski definition) is 2. The molecule has 1 aliphatic heterocycles. The fourth-order valence-electron chi connectivity index (χ4n) is 3.74. The number of nitrogens with zero attached hydrogens (tertiary/aromatic N) is 1. The summed E-state index contributed by atoms with van der Waals surface area (Å²) in [7, 11) is 0. The molecule has 1 aromatic carbocycles. The van der Waals surface area contributed by atoms with Gasteiger partial charge in [-0.1, -0.05) is 0 Å². The van der Waals surface area contributed by atoms with Crippen LogP contribution in [0.1, 0.15) is 32.1 Å². The van der Waals surface area contributed by atoms with Gasteiger partial charge >= 0.3 is 0 Å². The highest BCUT2D eigenvalue weighted by atomic mass is 19.1. The topological polar surface area (TPSA) is 63.4 Å². The van der Waals surface area contributed by atoms with Gasteiger partial charge in [0.2, 0.25) is 11.8 Å². The van der Waals surface area contributed by atoms with Gasteiger partial charge in [-0.05, 0) is 56.4 Å². The zero-order chi connectivity index (χ0) is 15.9. The molecule has 0 bridgehead atoms. The van der Waals surface area contributed by atoms with E-state index in [1.165, 1.54) is 29.2 Å². The summed E-state index contributed by atoms with van der Waals surface area (Å²) in [5.41, 5.74) is 5.01. The summed E-state index contributed by atoms with van der Waals surface area (Å²) in [6.45, 7) is 0. The molecule has 0 aromatic heterocycles. The number of carbonyl (C=O) groups excluding carboxylic acids is 2. The van der Waals surface area contributed by atoms with Crippen LogP contribution in [-0.2, 0) is 9.59 Å². The minimum absolute atomic E-state index is 0.132. The average Bonchev–Trinajstić information content (AvgIpc) is 2.74. The summed E-state index contributed by atoms with van der Waals surface area (Å²) >= 11 is 0. The van der Waals surface area contributed by atoms with Crippen LogP contribution in [0.25, 0.3) is 0 Å². The number of carbonyl (C=O) groups is 2. The molecule has 4 nitrogen and oxygen atoms in total. The number of rotatable bonds is 2. The first-order valence-corrected chi connectivity index (χ1v) is 7.45. The van der Waals surface area contributed by atoms with Crippen molar-refractivity contribution in [2.24, 2.45) is 11.1 Å².